The predicted molar refractivity (Wildman–Crippen MR) is 60.3 cm³/mol. The van der Waals surface area contributed by atoms with Gasteiger partial charge in [0.25, 0.3) is 0 Å². The molecule has 0 bridgehead atoms. The molecule has 0 aromatic heterocycles. The third-order valence-electron chi connectivity index (χ3n) is 2.23. The number of para-hydroxylation sites is 1. The predicted octanol–water partition coefficient (Wildman–Crippen LogP) is -0.179. The van der Waals surface area contributed by atoms with Gasteiger partial charge in [0.2, 0.25) is 10.0 Å². The Kier molecular flexibility index (Phi) is 3.39. The van der Waals surface area contributed by atoms with Gasteiger partial charge in [-0.25, -0.2) is 8.42 Å². The number of benzene rings is 1. The van der Waals surface area contributed by atoms with Crippen LogP contribution in [0.5, 0.6) is 11.5 Å². The van der Waals surface area contributed by atoms with Crippen molar-refractivity contribution in [1.82, 2.24) is 4.72 Å². The number of hydrogen-bond acceptors (Lipinski definition) is 5. The van der Waals surface area contributed by atoms with E-state index >= 15 is 0 Å². The number of fused-ring (bicyclic) bond motifs is 1. The molecule has 0 unspecified atom stereocenters. The SMILES string of the molecule is O=C(O)CNS(=O)(=O)c1cccc2c1OCCO2. The van der Waals surface area contributed by atoms with Crippen LogP contribution in [-0.2, 0) is 14.8 Å². The summed E-state index contributed by atoms with van der Waals surface area (Å²) in [5, 5.41) is 8.48. The Hall–Kier alpha value is -1.80. The van der Waals surface area contributed by atoms with Crippen molar-refractivity contribution < 1.29 is 27.8 Å². The number of sulfonamides is 1. The lowest BCUT2D eigenvalue weighted by molar-refractivity contribution is -0.135. The summed E-state index contributed by atoms with van der Waals surface area (Å²) in [7, 11) is -3.93. The molecule has 0 amide bonds. The van der Waals surface area contributed by atoms with E-state index in [1.54, 1.807) is 6.07 Å². The van der Waals surface area contributed by atoms with Crippen molar-refractivity contribution in [3.63, 3.8) is 0 Å². The Morgan fingerprint density at radius 2 is 2.06 bits per heavy atom. The van der Waals surface area contributed by atoms with Crippen molar-refractivity contribution in [2.45, 2.75) is 4.90 Å². The van der Waals surface area contributed by atoms with Crippen molar-refractivity contribution >= 4 is 16.0 Å². The van der Waals surface area contributed by atoms with Gasteiger partial charge in [0.05, 0.1) is 0 Å². The van der Waals surface area contributed by atoms with Gasteiger partial charge in [-0.3, -0.25) is 4.79 Å². The summed E-state index contributed by atoms with van der Waals surface area (Å²) in [5.74, 6) is -0.818. The van der Waals surface area contributed by atoms with Gasteiger partial charge in [-0.1, -0.05) is 6.07 Å². The van der Waals surface area contributed by atoms with Gasteiger partial charge in [0.15, 0.2) is 11.5 Å². The fourth-order valence-electron chi connectivity index (χ4n) is 1.49. The molecule has 0 fully saturated rings. The van der Waals surface area contributed by atoms with Crippen molar-refractivity contribution in [3.8, 4) is 11.5 Å². The molecule has 1 aromatic carbocycles. The Morgan fingerprint density at radius 3 is 2.78 bits per heavy atom. The molecule has 2 N–H and O–H groups in total. The van der Waals surface area contributed by atoms with E-state index in [2.05, 4.69) is 0 Å². The fourth-order valence-corrected chi connectivity index (χ4v) is 2.62. The van der Waals surface area contributed by atoms with Gasteiger partial charge in [-0.05, 0) is 12.1 Å². The molecule has 1 aromatic rings. The summed E-state index contributed by atoms with van der Waals surface area (Å²) < 4.78 is 36.3. The Bertz CT molecular complexity index is 568. The maximum absolute atomic E-state index is 11.9. The zero-order chi connectivity index (χ0) is 13.2. The molecule has 0 saturated carbocycles. The second kappa shape index (κ2) is 4.83. The van der Waals surface area contributed by atoms with Crippen LogP contribution in [-0.4, -0.2) is 39.3 Å². The lowest BCUT2D eigenvalue weighted by Crippen LogP contribution is -2.30. The number of carboxylic acid groups (broad SMARTS) is 1. The minimum atomic E-state index is -3.93. The Morgan fingerprint density at radius 1 is 1.33 bits per heavy atom. The molecule has 98 valence electrons. The summed E-state index contributed by atoms with van der Waals surface area (Å²) >= 11 is 0. The summed E-state index contributed by atoms with van der Waals surface area (Å²) in [6, 6.07) is 4.42. The highest BCUT2D eigenvalue weighted by Crippen LogP contribution is 2.36. The van der Waals surface area contributed by atoms with Gasteiger partial charge in [-0.2, -0.15) is 4.72 Å². The fraction of sp³-hybridized carbons (Fsp3) is 0.300. The van der Waals surface area contributed by atoms with Crippen LogP contribution in [0, 0.1) is 0 Å². The Balaban J connectivity index is 2.35. The Labute approximate surface area is 103 Å². The maximum atomic E-state index is 11.9. The number of rotatable bonds is 4. The van der Waals surface area contributed by atoms with Crippen LogP contribution in [0.15, 0.2) is 23.1 Å². The second-order valence-electron chi connectivity index (χ2n) is 3.50. The highest BCUT2D eigenvalue weighted by atomic mass is 32.2. The van der Waals surface area contributed by atoms with Crippen LogP contribution in [0.3, 0.4) is 0 Å². The summed E-state index contributed by atoms with van der Waals surface area (Å²) in [6.07, 6.45) is 0. The number of aliphatic carboxylic acids is 1. The maximum Gasteiger partial charge on any atom is 0.318 e. The van der Waals surface area contributed by atoms with Gasteiger partial charge in [0.1, 0.15) is 24.7 Å². The normalized spacial score (nSPS) is 14.2. The number of carbonyl (C=O) groups is 1. The summed E-state index contributed by atoms with van der Waals surface area (Å²) in [4.78, 5) is 10.3. The monoisotopic (exact) mass is 273 g/mol. The zero-order valence-electron chi connectivity index (χ0n) is 9.25. The molecule has 8 heteroatoms. The number of nitrogens with one attached hydrogen (secondary N) is 1. The van der Waals surface area contributed by atoms with Gasteiger partial charge in [0, 0.05) is 0 Å². The van der Waals surface area contributed by atoms with E-state index in [0.717, 1.165) is 0 Å². The van der Waals surface area contributed by atoms with Crippen molar-refractivity contribution in [2.75, 3.05) is 19.8 Å². The van der Waals surface area contributed by atoms with E-state index in [1.807, 2.05) is 4.72 Å². The first-order valence-electron chi connectivity index (χ1n) is 5.11. The highest BCUT2D eigenvalue weighted by Gasteiger charge is 2.25. The number of hydrogen-bond donors (Lipinski definition) is 2. The van der Waals surface area contributed by atoms with Crippen LogP contribution in [0.4, 0.5) is 0 Å². The van der Waals surface area contributed by atoms with Gasteiger partial charge < -0.3 is 14.6 Å². The molecular weight excluding hydrogens is 262 g/mol. The molecule has 0 aliphatic carbocycles. The first-order valence-corrected chi connectivity index (χ1v) is 6.59. The van der Waals surface area contributed by atoms with Crippen molar-refractivity contribution in [1.29, 1.82) is 0 Å². The van der Waals surface area contributed by atoms with Crippen molar-refractivity contribution in [2.24, 2.45) is 0 Å². The highest BCUT2D eigenvalue weighted by molar-refractivity contribution is 7.89. The second-order valence-corrected chi connectivity index (χ2v) is 5.23. The zero-order valence-corrected chi connectivity index (χ0v) is 10.1. The standard InChI is InChI=1S/C10H11NO6S/c12-9(13)6-11-18(14,15)8-3-1-2-7-10(8)17-5-4-16-7/h1-3,11H,4-6H2,(H,12,13). The average molecular weight is 273 g/mol. The minimum absolute atomic E-state index is 0.113. The van der Waals surface area contributed by atoms with Crippen LogP contribution < -0.4 is 14.2 Å². The number of carboxylic acids is 1. The molecule has 0 atom stereocenters. The van der Waals surface area contributed by atoms with Crippen LogP contribution in [0.2, 0.25) is 0 Å². The molecule has 1 aliphatic heterocycles. The van der Waals surface area contributed by atoms with Crippen LogP contribution in [0.1, 0.15) is 0 Å². The molecule has 7 nitrogen and oxygen atoms in total. The van der Waals surface area contributed by atoms with Gasteiger partial charge in [-0.15, -0.1) is 0 Å². The first-order chi connectivity index (χ1) is 8.50. The van der Waals surface area contributed by atoms with Crippen LogP contribution >= 0.6 is 0 Å². The minimum Gasteiger partial charge on any atom is -0.486 e. The van der Waals surface area contributed by atoms with E-state index in [9.17, 15) is 13.2 Å². The van der Waals surface area contributed by atoms with Crippen molar-refractivity contribution in [3.05, 3.63) is 18.2 Å². The van der Waals surface area contributed by atoms with E-state index in [1.165, 1.54) is 12.1 Å². The van der Waals surface area contributed by atoms with E-state index in [4.69, 9.17) is 14.6 Å². The largest absolute Gasteiger partial charge is 0.486 e. The van der Waals surface area contributed by atoms with Crippen LogP contribution in [0.25, 0.3) is 0 Å². The summed E-state index contributed by atoms with van der Waals surface area (Å²) in [5.41, 5.74) is 0. The third kappa shape index (κ3) is 2.54. The molecule has 1 aliphatic rings. The topological polar surface area (TPSA) is 102 Å². The first kappa shape index (κ1) is 12.7. The molecular formula is C10H11NO6S. The lowest BCUT2D eigenvalue weighted by Gasteiger charge is -2.20. The third-order valence-corrected chi connectivity index (χ3v) is 3.66. The summed E-state index contributed by atoms with van der Waals surface area (Å²) in [6.45, 7) is -0.0929. The quantitative estimate of drug-likeness (QED) is 0.789. The number of ether oxygens (including phenoxy) is 2. The smallest absolute Gasteiger partial charge is 0.318 e. The van der Waals surface area contributed by atoms with E-state index < -0.39 is 22.5 Å². The molecule has 0 spiro atoms. The molecule has 2 rings (SSSR count). The lowest BCUT2D eigenvalue weighted by atomic mass is 10.3. The van der Waals surface area contributed by atoms with E-state index in [-0.39, 0.29) is 17.3 Å². The molecule has 0 saturated heterocycles. The molecule has 1 heterocycles. The molecule has 18 heavy (non-hydrogen) atoms. The van der Waals surface area contributed by atoms with Gasteiger partial charge >= 0.3 is 5.97 Å². The van der Waals surface area contributed by atoms with E-state index in [0.29, 0.717) is 12.4 Å². The average Bonchev–Trinajstić information content (AvgIpc) is 2.36. The molecule has 0 radical (unpaired) electrons.